The van der Waals surface area contributed by atoms with Crippen LogP contribution >= 0.6 is 0 Å². The quantitative estimate of drug-likeness (QED) is 0.697. The molecule has 0 amide bonds. The van der Waals surface area contributed by atoms with Gasteiger partial charge in [0.15, 0.2) is 0 Å². The van der Waals surface area contributed by atoms with Crippen molar-refractivity contribution in [2.45, 2.75) is 6.42 Å². The molecule has 0 aliphatic rings. The predicted octanol–water partition coefficient (Wildman–Crippen LogP) is 2.68. The van der Waals surface area contributed by atoms with Crippen LogP contribution in [-0.4, -0.2) is 28.5 Å². The lowest BCUT2D eigenvalue weighted by molar-refractivity contribution is 0.292. The minimum Gasteiger partial charge on any atom is -0.464 e. The summed E-state index contributed by atoms with van der Waals surface area (Å²) in [7, 11) is 0. The summed E-state index contributed by atoms with van der Waals surface area (Å²) in [6.07, 6.45) is 2.39. The number of hydrogen-bond acceptors (Lipinski definition) is 5. The lowest BCUT2D eigenvalue weighted by atomic mass is 10.1. The lowest BCUT2D eigenvalue weighted by Crippen LogP contribution is -2.05. The molecule has 2 N–H and O–H groups in total. The number of aliphatic hydroxyl groups is 1. The first-order valence-electron chi connectivity index (χ1n) is 6.53. The van der Waals surface area contributed by atoms with Gasteiger partial charge in [0, 0.05) is 24.1 Å². The molecular weight excluding hydrogens is 254 g/mol. The molecule has 0 aliphatic heterocycles. The van der Waals surface area contributed by atoms with Crippen LogP contribution in [0.1, 0.15) is 6.42 Å². The monoisotopic (exact) mass is 269 g/mol. The smallest absolute Gasteiger partial charge is 0.148 e. The molecule has 0 saturated carbocycles. The summed E-state index contributed by atoms with van der Waals surface area (Å²) < 4.78 is 5.50. The van der Waals surface area contributed by atoms with E-state index in [0.717, 1.165) is 22.2 Å². The van der Waals surface area contributed by atoms with Crippen LogP contribution in [-0.2, 0) is 0 Å². The molecule has 0 aliphatic carbocycles. The molecule has 0 bridgehead atoms. The lowest BCUT2D eigenvalue weighted by Gasteiger charge is -2.03. The summed E-state index contributed by atoms with van der Waals surface area (Å²) in [6.45, 7) is 0.846. The van der Waals surface area contributed by atoms with Gasteiger partial charge in [0.05, 0.1) is 5.69 Å². The Bertz CT molecular complexity index is 692. The number of benzene rings is 1. The number of hydrogen-bond donors (Lipinski definition) is 2. The van der Waals surface area contributed by atoms with Gasteiger partial charge in [-0.25, -0.2) is 0 Å². The standard InChI is InChI=1S/C15H15N3O2/c19-9-3-8-16-15-7-6-13(17-18-15)12-10-20-14-5-2-1-4-11(12)14/h1-2,4-7,10,19H,3,8-9H2,(H,16,18). The Morgan fingerprint density at radius 3 is 2.80 bits per heavy atom. The number of nitrogens with one attached hydrogen (secondary N) is 1. The largest absolute Gasteiger partial charge is 0.464 e. The second-order valence-electron chi connectivity index (χ2n) is 4.45. The highest BCUT2D eigenvalue weighted by Crippen LogP contribution is 2.28. The minimum atomic E-state index is 0.166. The molecular formula is C15H15N3O2. The van der Waals surface area contributed by atoms with Crippen molar-refractivity contribution in [3.05, 3.63) is 42.7 Å². The summed E-state index contributed by atoms with van der Waals surface area (Å²) in [6, 6.07) is 11.6. The number of aromatic nitrogens is 2. The molecule has 3 aromatic rings. The number of rotatable bonds is 5. The molecule has 1 aromatic carbocycles. The van der Waals surface area contributed by atoms with Gasteiger partial charge < -0.3 is 14.8 Å². The number of furan rings is 1. The maximum atomic E-state index is 8.73. The topological polar surface area (TPSA) is 71.2 Å². The fourth-order valence-corrected chi connectivity index (χ4v) is 2.04. The Balaban J connectivity index is 1.84. The SMILES string of the molecule is OCCCNc1ccc(-c2coc3ccccc23)nn1. The average Bonchev–Trinajstić information content (AvgIpc) is 2.92. The van der Waals surface area contributed by atoms with Crippen molar-refractivity contribution in [1.82, 2.24) is 10.2 Å². The van der Waals surface area contributed by atoms with Gasteiger partial charge in [-0.1, -0.05) is 18.2 Å². The molecule has 5 heteroatoms. The van der Waals surface area contributed by atoms with Crippen LogP contribution in [0.25, 0.3) is 22.2 Å². The second kappa shape index (κ2) is 5.71. The first-order chi connectivity index (χ1) is 9.88. The van der Waals surface area contributed by atoms with E-state index in [4.69, 9.17) is 9.52 Å². The van der Waals surface area contributed by atoms with Gasteiger partial charge in [-0.15, -0.1) is 10.2 Å². The maximum Gasteiger partial charge on any atom is 0.148 e. The van der Waals surface area contributed by atoms with Crippen molar-refractivity contribution in [2.24, 2.45) is 0 Å². The van der Waals surface area contributed by atoms with Crippen LogP contribution < -0.4 is 5.32 Å². The van der Waals surface area contributed by atoms with Gasteiger partial charge in [-0.2, -0.15) is 0 Å². The van der Waals surface area contributed by atoms with Crippen LogP contribution in [0, 0.1) is 0 Å². The average molecular weight is 269 g/mol. The fourth-order valence-electron chi connectivity index (χ4n) is 2.04. The number of aliphatic hydroxyl groups excluding tert-OH is 1. The Hall–Kier alpha value is -2.40. The normalized spacial score (nSPS) is 10.8. The van der Waals surface area contributed by atoms with Crippen LogP contribution in [0.15, 0.2) is 47.1 Å². The highest BCUT2D eigenvalue weighted by molar-refractivity contribution is 5.92. The van der Waals surface area contributed by atoms with Gasteiger partial charge in [0.2, 0.25) is 0 Å². The Morgan fingerprint density at radius 2 is 2.00 bits per heavy atom. The zero-order valence-corrected chi connectivity index (χ0v) is 10.9. The summed E-state index contributed by atoms with van der Waals surface area (Å²) in [5, 5.41) is 21.2. The number of fused-ring (bicyclic) bond motifs is 1. The van der Waals surface area contributed by atoms with Gasteiger partial charge >= 0.3 is 0 Å². The van der Waals surface area contributed by atoms with Crippen LogP contribution in [0.3, 0.4) is 0 Å². The van der Waals surface area contributed by atoms with E-state index in [1.54, 1.807) is 6.26 Å². The summed E-state index contributed by atoms with van der Waals surface area (Å²) in [4.78, 5) is 0. The van der Waals surface area contributed by atoms with E-state index in [1.807, 2.05) is 36.4 Å². The summed E-state index contributed by atoms with van der Waals surface area (Å²) in [5.74, 6) is 0.704. The zero-order chi connectivity index (χ0) is 13.8. The molecule has 0 atom stereocenters. The van der Waals surface area contributed by atoms with Crippen LogP contribution in [0.4, 0.5) is 5.82 Å². The Morgan fingerprint density at radius 1 is 1.10 bits per heavy atom. The molecule has 0 fully saturated rings. The zero-order valence-electron chi connectivity index (χ0n) is 10.9. The molecule has 2 aromatic heterocycles. The molecule has 0 radical (unpaired) electrons. The maximum absolute atomic E-state index is 8.73. The fraction of sp³-hybridized carbons (Fsp3) is 0.200. The number of para-hydroxylation sites is 1. The van der Waals surface area contributed by atoms with Crippen LogP contribution in [0.5, 0.6) is 0 Å². The Kier molecular flexibility index (Phi) is 3.60. The molecule has 3 rings (SSSR count). The van der Waals surface area contributed by atoms with Crippen molar-refractivity contribution in [1.29, 1.82) is 0 Å². The third kappa shape index (κ3) is 2.48. The van der Waals surface area contributed by atoms with E-state index in [9.17, 15) is 0 Å². The third-order valence-corrected chi connectivity index (χ3v) is 3.06. The van der Waals surface area contributed by atoms with E-state index in [-0.39, 0.29) is 6.61 Å². The first-order valence-corrected chi connectivity index (χ1v) is 6.53. The highest BCUT2D eigenvalue weighted by Gasteiger charge is 2.09. The van der Waals surface area contributed by atoms with E-state index >= 15 is 0 Å². The van der Waals surface area contributed by atoms with Crippen molar-refractivity contribution < 1.29 is 9.52 Å². The van der Waals surface area contributed by atoms with Gasteiger partial charge in [-0.05, 0) is 24.6 Å². The van der Waals surface area contributed by atoms with E-state index in [2.05, 4.69) is 15.5 Å². The van der Waals surface area contributed by atoms with Crippen molar-refractivity contribution in [3.8, 4) is 11.3 Å². The molecule has 5 nitrogen and oxygen atoms in total. The summed E-state index contributed by atoms with van der Waals surface area (Å²) >= 11 is 0. The number of nitrogens with zero attached hydrogens (tertiary/aromatic N) is 2. The summed E-state index contributed by atoms with van der Waals surface area (Å²) in [5.41, 5.74) is 2.56. The van der Waals surface area contributed by atoms with Crippen molar-refractivity contribution in [3.63, 3.8) is 0 Å². The number of anilines is 1. The van der Waals surface area contributed by atoms with E-state index < -0.39 is 0 Å². The molecule has 0 unspecified atom stereocenters. The van der Waals surface area contributed by atoms with E-state index in [0.29, 0.717) is 18.8 Å². The van der Waals surface area contributed by atoms with Gasteiger partial charge in [0.25, 0.3) is 0 Å². The first kappa shape index (κ1) is 12.6. The van der Waals surface area contributed by atoms with Gasteiger partial charge in [-0.3, -0.25) is 0 Å². The minimum absolute atomic E-state index is 0.166. The molecule has 2 heterocycles. The predicted molar refractivity (Wildman–Crippen MR) is 77.4 cm³/mol. The molecule has 0 spiro atoms. The Labute approximate surface area is 116 Å². The van der Waals surface area contributed by atoms with Crippen LogP contribution in [0.2, 0.25) is 0 Å². The third-order valence-electron chi connectivity index (χ3n) is 3.06. The van der Waals surface area contributed by atoms with Gasteiger partial charge in [0.1, 0.15) is 17.7 Å². The molecule has 102 valence electrons. The molecule has 20 heavy (non-hydrogen) atoms. The highest BCUT2D eigenvalue weighted by atomic mass is 16.3. The van der Waals surface area contributed by atoms with E-state index in [1.165, 1.54) is 0 Å². The second-order valence-corrected chi connectivity index (χ2v) is 4.45. The molecule has 0 saturated heterocycles. The van der Waals surface area contributed by atoms with Crippen molar-refractivity contribution >= 4 is 16.8 Å². The van der Waals surface area contributed by atoms with Crippen molar-refractivity contribution in [2.75, 3.05) is 18.5 Å².